The summed E-state index contributed by atoms with van der Waals surface area (Å²) in [5.41, 5.74) is 1.58. The van der Waals surface area contributed by atoms with E-state index in [-0.39, 0.29) is 4.90 Å². The molecule has 3 rings (SSSR count). The van der Waals surface area contributed by atoms with Crippen LogP contribution in [-0.4, -0.2) is 59.4 Å². The average Bonchev–Trinajstić information content (AvgIpc) is 2.73. The van der Waals surface area contributed by atoms with Gasteiger partial charge in [0.15, 0.2) is 0 Å². The third-order valence-corrected chi connectivity index (χ3v) is 6.54. The highest BCUT2D eigenvalue weighted by molar-refractivity contribution is 7.89. The summed E-state index contributed by atoms with van der Waals surface area (Å²) in [6, 6.07) is 12.0. The van der Waals surface area contributed by atoms with E-state index < -0.39 is 10.0 Å². The Bertz CT molecular complexity index is 904. The summed E-state index contributed by atoms with van der Waals surface area (Å²) in [4.78, 5) is 13.0. The van der Waals surface area contributed by atoms with Gasteiger partial charge in [-0.25, -0.2) is 8.42 Å². The Morgan fingerprint density at radius 2 is 1.59 bits per heavy atom. The predicted molar refractivity (Wildman–Crippen MR) is 102 cm³/mol. The number of piperazine rings is 1. The Morgan fingerprint density at radius 1 is 0.926 bits per heavy atom. The number of aldehydes is 1. The lowest BCUT2D eigenvalue weighted by molar-refractivity contribution is 0.112. The molecular formula is C19H22N2O5S. The number of nitrogens with zero attached hydrogens (tertiary/aromatic N) is 2. The average molecular weight is 390 g/mol. The van der Waals surface area contributed by atoms with E-state index in [9.17, 15) is 13.2 Å². The van der Waals surface area contributed by atoms with Crippen LogP contribution in [0, 0.1) is 0 Å². The van der Waals surface area contributed by atoms with Gasteiger partial charge in [-0.15, -0.1) is 0 Å². The first kappa shape index (κ1) is 19.2. The number of ether oxygens (including phenoxy) is 2. The van der Waals surface area contributed by atoms with Crippen LogP contribution in [0.1, 0.15) is 10.4 Å². The molecule has 2 aromatic carbocycles. The Morgan fingerprint density at radius 3 is 2.15 bits per heavy atom. The molecule has 1 aliphatic heterocycles. The van der Waals surface area contributed by atoms with Crippen molar-refractivity contribution in [3.8, 4) is 11.5 Å². The minimum Gasteiger partial charge on any atom is -0.497 e. The molecule has 0 aromatic heterocycles. The number of benzene rings is 2. The minimum atomic E-state index is -3.70. The van der Waals surface area contributed by atoms with Crippen LogP contribution in [0.5, 0.6) is 11.5 Å². The molecule has 1 fully saturated rings. The van der Waals surface area contributed by atoms with Gasteiger partial charge in [0.1, 0.15) is 22.7 Å². The molecule has 27 heavy (non-hydrogen) atoms. The number of hydrogen-bond donors (Lipinski definition) is 0. The summed E-state index contributed by atoms with van der Waals surface area (Å²) in [6.45, 7) is 1.84. The van der Waals surface area contributed by atoms with Crippen molar-refractivity contribution in [2.45, 2.75) is 4.90 Å². The van der Waals surface area contributed by atoms with Crippen LogP contribution in [0.2, 0.25) is 0 Å². The lowest BCUT2D eigenvalue weighted by Crippen LogP contribution is -2.48. The highest BCUT2D eigenvalue weighted by Gasteiger charge is 2.31. The van der Waals surface area contributed by atoms with Crippen LogP contribution in [-0.2, 0) is 10.0 Å². The second-order valence-corrected chi connectivity index (χ2v) is 8.02. The highest BCUT2D eigenvalue weighted by atomic mass is 32.2. The van der Waals surface area contributed by atoms with E-state index in [1.165, 1.54) is 24.6 Å². The van der Waals surface area contributed by atoms with E-state index in [1.807, 2.05) is 12.1 Å². The maximum absolute atomic E-state index is 13.1. The molecule has 0 spiro atoms. The number of rotatable bonds is 6. The molecule has 0 amide bonds. The van der Waals surface area contributed by atoms with Crippen LogP contribution < -0.4 is 14.4 Å². The number of carbonyl (C=O) groups excluding carboxylic acids is 1. The van der Waals surface area contributed by atoms with Crippen molar-refractivity contribution in [2.75, 3.05) is 45.3 Å². The van der Waals surface area contributed by atoms with Crippen LogP contribution >= 0.6 is 0 Å². The Balaban J connectivity index is 1.77. The van der Waals surface area contributed by atoms with Gasteiger partial charge >= 0.3 is 0 Å². The Hall–Kier alpha value is -2.58. The fourth-order valence-electron chi connectivity index (χ4n) is 3.08. The molecule has 2 aromatic rings. The lowest BCUT2D eigenvalue weighted by Gasteiger charge is -2.35. The van der Waals surface area contributed by atoms with Crippen LogP contribution in [0.4, 0.5) is 5.69 Å². The molecular weight excluding hydrogens is 368 g/mol. The molecule has 0 saturated carbocycles. The lowest BCUT2D eigenvalue weighted by atomic mass is 10.2. The number of anilines is 1. The van der Waals surface area contributed by atoms with Gasteiger partial charge in [0.05, 0.1) is 14.2 Å². The maximum atomic E-state index is 13.1. The maximum Gasteiger partial charge on any atom is 0.247 e. The van der Waals surface area contributed by atoms with E-state index in [1.54, 1.807) is 24.3 Å². The van der Waals surface area contributed by atoms with Gasteiger partial charge in [-0.1, -0.05) is 0 Å². The second kappa shape index (κ2) is 7.98. The summed E-state index contributed by atoms with van der Waals surface area (Å²) in [6.07, 6.45) is 0.801. The highest BCUT2D eigenvalue weighted by Crippen LogP contribution is 2.31. The number of sulfonamides is 1. The molecule has 0 N–H and O–H groups in total. The van der Waals surface area contributed by atoms with Crippen molar-refractivity contribution in [1.82, 2.24) is 4.31 Å². The third-order valence-electron chi connectivity index (χ3n) is 4.62. The molecule has 1 heterocycles. The first-order valence-corrected chi connectivity index (χ1v) is 9.96. The molecule has 1 saturated heterocycles. The van der Waals surface area contributed by atoms with E-state index in [0.29, 0.717) is 43.2 Å². The largest absolute Gasteiger partial charge is 0.497 e. The summed E-state index contributed by atoms with van der Waals surface area (Å²) < 4.78 is 38.0. The summed E-state index contributed by atoms with van der Waals surface area (Å²) in [5.74, 6) is 0.756. The van der Waals surface area contributed by atoms with Gasteiger partial charge < -0.3 is 14.4 Å². The summed E-state index contributed by atoms with van der Waals surface area (Å²) >= 11 is 0. The molecule has 0 unspecified atom stereocenters. The fourth-order valence-corrected chi connectivity index (χ4v) is 4.67. The predicted octanol–water partition coefficient (Wildman–Crippen LogP) is 2.03. The second-order valence-electron chi connectivity index (χ2n) is 6.12. The van der Waals surface area contributed by atoms with E-state index >= 15 is 0 Å². The van der Waals surface area contributed by atoms with E-state index in [2.05, 4.69) is 4.90 Å². The molecule has 144 valence electrons. The van der Waals surface area contributed by atoms with Gasteiger partial charge in [-0.3, -0.25) is 4.79 Å². The minimum absolute atomic E-state index is 0.105. The molecule has 7 nitrogen and oxygen atoms in total. The SMILES string of the molecule is COc1ccc(OC)c(S(=O)(=O)N2CCN(c3ccc(C=O)cc3)CC2)c1. The van der Waals surface area contributed by atoms with E-state index in [4.69, 9.17) is 9.47 Å². The van der Waals surface area contributed by atoms with Crippen LogP contribution in [0.25, 0.3) is 0 Å². The summed E-state index contributed by atoms with van der Waals surface area (Å²) in [7, 11) is -0.759. The zero-order valence-electron chi connectivity index (χ0n) is 15.3. The van der Waals surface area contributed by atoms with Gasteiger partial charge in [-0.2, -0.15) is 4.31 Å². The first-order chi connectivity index (χ1) is 13.0. The van der Waals surface area contributed by atoms with Crippen molar-refractivity contribution in [1.29, 1.82) is 0 Å². The number of carbonyl (C=O) groups is 1. The van der Waals surface area contributed by atoms with Crippen molar-refractivity contribution < 1.29 is 22.7 Å². The molecule has 8 heteroatoms. The molecule has 0 bridgehead atoms. The Labute approximate surface area is 159 Å². The zero-order valence-corrected chi connectivity index (χ0v) is 16.1. The third kappa shape index (κ3) is 3.91. The smallest absolute Gasteiger partial charge is 0.247 e. The standard InChI is InChI=1S/C19H22N2O5S/c1-25-17-7-8-18(26-2)19(13-17)27(23,24)21-11-9-20(10-12-21)16-5-3-15(14-22)4-6-16/h3-8,13-14H,9-12H2,1-2H3. The monoisotopic (exact) mass is 390 g/mol. The van der Waals surface area contributed by atoms with Gasteiger partial charge in [0, 0.05) is 43.5 Å². The van der Waals surface area contributed by atoms with Gasteiger partial charge in [0.2, 0.25) is 10.0 Å². The molecule has 1 aliphatic rings. The van der Waals surface area contributed by atoms with Crippen molar-refractivity contribution >= 4 is 22.0 Å². The van der Waals surface area contributed by atoms with Crippen LogP contribution in [0.3, 0.4) is 0 Å². The fraction of sp³-hybridized carbons (Fsp3) is 0.316. The van der Waals surface area contributed by atoms with Crippen LogP contribution in [0.15, 0.2) is 47.4 Å². The zero-order chi connectivity index (χ0) is 19.4. The topological polar surface area (TPSA) is 76.2 Å². The van der Waals surface area contributed by atoms with Gasteiger partial charge in [0.25, 0.3) is 0 Å². The van der Waals surface area contributed by atoms with Crippen molar-refractivity contribution in [3.05, 3.63) is 48.0 Å². The summed E-state index contributed by atoms with van der Waals surface area (Å²) in [5, 5.41) is 0. The number of methoxy groups -OCH3 is 2. The molecule has 0 aliphatic carbocycles. The number of hydrogen-bond acceptors (Lipinski definition) is 6. The molecule has 0 radical (unpaired) electrons. The van der Waals surface area contributed by atoms with E-state index in [0.717, 1.165) is 12.0 Å². The quantitative estimate of drug-likeness (QED) is 0.703. The van der Waals surface area contributed by atoms with Gasteiger partial charge in [-0.05, 0) is 36.4 Å². The first-order valence-electron chi connectivity index (χ1n) is 8.52. The Kier molecular flexibility index (Phi) is 5.67. The van der Waals surface area contributed by atoms with Crippen molar-refractivity contribution in [2.24, 2.45) is 0 Å². The van der Waals surface area contributed by atoms with Crippen molar-refractivity contribution in [3.63, 3.8) is 0 Å². The molecule has 0 atom stereocenters. The normalized spacial score (nSPS) is 15.4.